The highest BCUT2D eigenvalue weighted by Gasteiger charge is 2.25. The van der Waals surface area contributed by atoms with Gasteiger partial charge in [-0.3, -0.25) is 0 Å². The van der Waals surface area contributed by atoms with Crippen molar-refractivity contribution in [3.05, 3.63) is 42.2 Å². The Labute approximate surface area is 94.7 Å². The number of hydrogen-bond donors (Lipinski definition) is 1. The van der Waals surface area contributed by atoms with Crippen molar-refractivity contribution in [2.75, 3.05) is 0 Å². The third-order valence-corrected chi connectivity index (χ3v) is 3.15. The summed E-state index contributed by atoms with van der Waals surface area (Å²) in [4.78, 5) is 4.24. The molecule has 2 aromatic heterocycles. The molecule has 3 rings (SSSR count). The lowest BCUT2D eigenvalue weighted by Gasteiger charge is -2.10. The first-order valence-electron chi connectivity index (χ1n) is 5.73. The van der Waals surface area contributed by atoms with E-state index in [4.69, 9.17) is 5.73 Å². The van der Waals surface area contributed by atoms with Crippen LogP contribution in [0.3, 0.4) is 0 Å². The number of nitrogens with two attached hydrogens (primary N) is 1. The van der Waals surface area contributed by atoms with E-state index in [9.17, 15) is 0 Å². The third-order valence-electron chi connectivity index (χ3n) is 3.15. The molecule has 16 heavy (non-hydrogen) atoms. The van der Waals surface area contributed by atoms with Crippen molar-refractivity contribution in [2.45, 2.75) is 32.0 Å². The first-order chi connectivity index (χ1) is 7.88. The average molecular weight is 216 g/mol. The zero-order valence-corrected chi connectivity index (χ0v) is 9.21. The lowest BCUT2D eigenvalue weighted by Crippen LogP contribution is -2.10. The Hall–Kier alpha value is -1.55. The zero-order chi connectivity index (χ0) is 11.0. The van der Waals surface area contributed by atoms with Crippen LogP contribution in [0.2, 0.25) is 0 Å². The van der Waals surface area contributed by atoms with Crippen LogP contribution in [0.25, 0.3) is 0 Å². The van der Waals surface area contributed by atoms with E-state index >= 15 is 0 Å². The highest BCUT2D eigenvalue weighted by atomic mass is 15.1. The molecule has 4 heteroatoms. The van der Waals surface area contributed by atoms with Crippen LogP contribution in [0.5, 0.6) is 0 Å². The number of hydrogen-bond acceptors (Lipinski definition) is 2. The highest BCUT2D eigenvalue weighted by molar-refractivity contribution is 5.11. The summed E-state index contributed by atoms with van der Waals surface area (Å²) < 4.78 is 4.48. The molecule has 1 aliphatic carbocycles. The van der Waals surface area contributed by atoms with Gasteiger partial charge in [-0.05, 0) is 25.0 Å². The van der Waals surface area contributed by atoms with Crippen molar-refractivity contribution < 1.29 is 0 Å². The fourth-order valence-electron chi connectivity index (χ4n) is 2.10. The Morgan fingerprint density at radius 2 is 2.25 bits per heavy atom. The molecule has 2 aromatic rings. The second kappa shape index (κ2) is 3.79. The second-order valence-corrected chi connectivity index (χ2v) is 4.35. The van der Waals surface area contributed by atoms with Gasteiger partial charge in [0.05, 0.1) is 18.6 Å². The van der Waals surface area contributed by atoms with Crippen LogP contribution in [0.1, 0.15) is 30.3 Å². The Balaban J connectivity index is 1.85. The van der Waals surface area contributed by atoms with Gasteiger partial charge in [-0.15, -0.1) is 0 Å². The molecule has 4 nitrogen and oxygen atoms in total. The molecule has 0 bridgehead atoms. The average Bonchev–Trinajstić information content (AvgIpc) is 2.88. The number of aromatic nitrogens is 3. The summed E-state index contributed by atoms with van der Waals surface area (Å²) in [6, 6.07) is 4.80. The van der Waals surface area contributed by atoms with Crippen LogP contribution in [0, 0.1) is 0 Å². The molecule has 0 aliphatic heterocycles. The predicted molar refractivity (Wildman–Crippen MR) is 61.9 cm³/mol. The topological polar surface area (TPSA) is 48.8 Å². The molecule has 1 saturated carbocycles. The van der Waals surface area contributed by atoms with Crippen LogP contribution in [0.15, 0.2) is 30.9 Å². The maximum Gasteiger partial charge on any atom is 0.0951 e. The van der Waals surface area contributed by atoms with Gasteiger partial charge in [-0.25, -0.2) is 4.98 Å². The fourth-order valence-corrected chi connectivity index (χ4v) is 2.10. The molecule has 0 amide bonds. The highest BCUT2D eigenvalue weighted by Crippen LogP contribution is 2.35. The summed E-state index contributed by atoms with van der Waals surface area (Å²) in [7, 11) is 0. The van der Waals surface area contributed by atoms with E-state index in [0.29, 0.717) is 12.6 Å². The Morgan fingerprint density at radius 3 is 3.00 bits per heavy atom. The van der Waals surface area contributed by atoms with Crippen LogP contribution < -0.4 is 5.73 Å². The zero-order valence-electron chi connectivity index (χ0n) is 9.21. The molecule has 2 N–H and O–H groups in total. The normalized spacial score (nSPS) is 15.6. The van der Waals surface area contributed by atoms with E-state index in [0.717, 1.165) is 6.54 Å². The second-order valence-electron chi connectivity index (χ2n) is 4.35. The maximum absolute atomic E-state index is 5.69. The van der Waals surface area contributed by atoms with E-state index in [1.807, 2.05) is 18.6 Å². The molecule has 84 valence electrons. The van der Waals surface area contributed by atoms with Crippen LogP contribution >= 0.6 is 0 Å². The van der Waals surface area contributed by atoms with E-state index in [1.54, 1.807) is 0 Å². The molecular weight excluding hydrogens is 200 g/mol. The van der Waals surface area contributed by atoms with Crippen molar-refractivity contribution >= 4 is 0 Å². The molecule has 0 radical (unpaired) electrons. The number of imidazole rings is 1. The summed E-state index contributed by atoms with van der Waals surface area (Å²) in [5.74, 6) is 0. The van der Waals surface area contributed by atoms with E-state index in [1.165, 1.54) is 24.2 Å². The molecule has 1 fully saturated rings. The summed E-state index contributed by atoms with van der Waals surface area (Å²) >= 11 is 0. The summed E-state index contributed by atoms with van der Waals surface area (Å²) in [5.41, 5.74) is 8.13. The fraction of sp³-hybridized carbons (Fsp3) is 0.417. The van der Waals surface area contributed by atoms with Gasteiger partial charge < -0.3 is 14.9 Å². The Morgan fingerprint density at radius 1 is 1.38 bits per heavy atom. The first kappa shape index (κ1) is 9.66. The minimum absolute atomic E-state index is 0.588. The van der Waals surface area contributed by atoms with Gasteiger partial charge in [-0.2, -0.15) is 0 Å². The SMILES string of the molecule is NCc1cccn1Cc1cncn1C1CC1. The van der Waals surface area contributed by atoms with Gasteiger partial charge in [0.15, 0.2) is 0 Å². The van der Waals surface area contributed by atoms with Crippen LogP contribution in [-0.4, -0.2) is 14.1 Å². The van der Waals surface area contributed by atoms with Crippen LogP contribution in [-0.2, 0) is 13.1 Å². The number of rotatable bonds is 4. The monoisotopic (exact) mass is 216 g/mol. The molecule has 0 spiro atoms. The van der Waals surface area contributed by atoms with Gasteiger partial charge in [0, 0.05) is 30.7 Å². The van der Waals surface area contributed by atoms with Gasteiger partial charge in [0.2, 0.25) is 0 Å². The molecule has 0 aromatic carbocycles. The maximum atomic E-state index is 5.69. The summed E-state index contributed by atoms with van der Waals surface area (Å²) in [5, 5.41) is 0. The lowest BCUT2D eigenvalue weighted by atomic mass is 10.4. The largest absolute Gasteiger partial charge is 0.344 e. The molecule has 0 unspecified atom stereocenters. The molecule has 1 aliphatic rings. The summed E-state index contributed by atoms with van der Waals surface area (Å²) in [6.45, 7) is 1.46. The Kier molecular flexibility index (Phi) is 2.29. The molecule has 2 heterocycles. The molecule has 0 atom stereocenters. The van der Waals surface area contributed by atoms with Gasteiger partial charge in [0.1, 0.15) is 0 Å². The van der Waals surface area contributed by atoms with E-state index < -0.39 is 0 Å². The smallest absolute Gasteiger partial charge is 0.0951 e. The number of nitrogens with zero attached hydrogens (tertiary/aromatic N) is 3. The van der Waals surface area contributed by atoms with E-state index in [2.05, 4.69) is 26.4 Å². The van der Waals surface area contributed by atoms with Crippen LogP contribution in [0.4, 0.5) is 0 Å². The Bertz CT molecular complexity index is 479. The quantitative estimate of drug-likeness (QED) is 0.842. The minimum Gasteiger partial charge on any atom is -0.344 e. The van der Waals surface area contributed by atoms with Crippen molar-refractivity contribution in [3.8, 4) is 0 Å². The van der Waals surface area contributed by atoms with Crippen molar-refractivity contribution in [2.24, 2.45) is 5.73 Å². The van der Waals surface area contributed by atoms with Gasteiger partial charge >= 0.3 is 0 Å². The third kappa shape index (κ3) is 1.65. The molecular formula is C12H16N4. The lowest BCUT2D eigenvalue weighted by molar-refractivity contribution is 0.643. The summed E-state index contributed by atoms with van der Waals surface area (Å²) in [6.07, 6.45) is 8.56. The first-order valence-corrected chi connectivity index (χ1v) is 5.73. The molecule has 0 saturated heterocycles. The van der Waals surface area contributed by atoms with E-state index in [-0.39, 0.29) is 0 Å². The minimum atomic E-state index is 0.588. The van der Waals surface area contributed by atoms with Crippen molar-refractivity contribution in [3.63, 3.8) is 0 Å². The van der Waals surface area contributed by atoms with Crippen molar-refractivity contribution in [1.82, 2.24) is 14.1 Å². The van der Waals surface area contributed by atoms with Crippen molar-refractivity contribution in [1.29, 1.82) is 0 Å². The standard InChI is InChI=1S/C12H16N4/c13-6-11-2-1-5-15(11)8-12-7-14-9-16(12)10-3-4-10/h1-2,5,7,9-10H,3-4,6,8,13H2. The van der Waals surface area contributed by atoms with Gasteiger partial charge in [-0.1, -0.05) is 0 Å². The van der Waals surface area contributed by atoms with Gasteiger partial charge in [0.25, 0.3) is 0 Å². The predicted octanol–water partition coefficient (Wildman–Crippen LogP) is 1.53.